The molecule has 2 aromatic rings. The van der Waals surface area contributed by atoms with Crippen LogP contribution in [0.4, 0.5) is 0 Å². The van der Waals surface area contributed by atoms with Gasteiger partial charge in [0.1, 0.15) is 0 Å². The molecule has 0 aromatic heterocycles. The normalized spacial score (nSPS) is 9.89. The lowest BCUT2D eigenvalue weighted by Crippen LogP contribution is -2.01. The lowest BCUT2D eigenvalue weighted by Gasteiger charge is -2.09. The van der Waals surface area contributed by atoms with E-state index in [0.717, 1.165) is 11.1 Å². The number of carboxylic acid groups (broad SMARTS) is 1. The van der Waals surface area contributed by atoms with Gasteiger partial charge in [-0.1, -0.05) is 61.7 Å². The molecule has 94 valence electrons. The van der Waals surface area contributed by atoms with E-state index in [9.17, 15) is 9.90 Å². The topological polar surface area (TPSA) is 37.3 Å². The van der Waals surface area contributed by atoms with Gasteiger partial charge >= 0.3 is 5.97 Å². The van der Waals surface area contributed by atoms with Crippen LogP contribution in [0.3, 0.4) is 0 Å². The zero-order chi connectivity index (χ0) is 13.8. The van der Waals surface area contributed by atoms with Crippen molar-refractivity contribution in [3.8, 4) is 0 Å². The third-order valence-corrected chi connectivity index (χ3v) is 2.98. The number of benzene rings is 2. The van der Waals surface area contributed by atoms with E-state index in [0.29, 0.717) is 11.1 Å². The molecule has 2 nitrogen and oxygen atoms in total. The molecule has 0 aliphatic rings. The fourth-order valence-corrected chi connectivity index (χ4v) is 1.91. The molecule has 0 saturated heterocycles. The SMILES string of the molecule is C=Cc1ccc(C(=C)c2ccccc2C(=O)O)cc1. The van der Waals surface area contributed by atoms with Crippen molar-refractivity contribution in [1.82, 2.24) is 0 Å². The van der Waals surface area contributed by atoms with Crippen molar-refractivity contribution in [2.75, 3.05) is 0 Å². The van der Waals surface area contributed by atoms with Gasteiger partial charge in [0.05, 0.1) is 5.56 Å². The average molecular weight is 250 g/mol. The maximum absolute atomic E-state index is 11.2. The number of hydrogen-bond acceptors (Lipinski definition) is 1. The van der Waals surface area contributed by atoms with Crippen molar-refractivity contribution in [3.63, 3.8) is 0 Å². The number of carboxylic acids is 1. The first kappa shape index (κ1) is 12.8. The predicted octanol–water partition coefficient (Wildman–Crippen LogP) is 4.09. The Morgan fingerprint density at radius 3 is 2.11 bits per heavy atom. The van der Waals surface area contributed by atoms with Crippen molar-refractivity contribution < 1.29 is 9.90 Å². The molecule has 2 rings (SSSR count). The van der Waals surface area contributed by atoms with Crippen LogP contribution < -0.4 is 0 Å². The van der Waals surface area contributed by atoms with Gasteiger partial charge in [0.2, 0.25) is 0 Å². The highest BCUT2D eigenvalue weighted by Crippen LogP contribution is 2.25. The van der Waals surface area contributed by atoms with Gasteiger partial charge in [-0.05, 0) is 28.3 Å². The molecule has 0 radical (unpaired) electrons. The maximum Gasteiger partial charge on any atom is 0.336 e. The molecule has 0 spiro atoms. The van der Waals surface area contributed by atoms with Crippen molar-refractivity contribution in [1.29, 1.82) is 0 Å². The first-order chi connectivity index (χ1) is 9.13. The predicted molar refractivity (Wildman–Crippen MR) is 78.1 cm³/mol. The summed E-state index contributed by atoms with van der Waals surface area (Å²) >= 11 is 0. The largest absolute Gasteiger partial charge is 0.478 e. The Labute approximate surface area is 112 Å². The third kappa shape index (κ3) is 2.63. The molecule has 0 amide bonds. The quantitative estimate of drug-likeness (QED) is 0.887. The molecule has 19 heavy (non-hydrogen) atoms. The number of carbonyl (C=O) groups is 1. The zero-order valence-electron chi connectivity index (χ0n) is 10.5. The van der Waals surface area contributed by atoms with Crippen molar-refractivity contribution >= 4 is 17.6 Å². The molecule has 2 heteroatoms. The highest BCUT2D eigenvalue weighted by Gasteiger charge is 2.12. The van der Waals surface area contributed by atoms with Crippen molar-refractivity contribution in [2.24, 2.45) is 0 Å². The Kier molecular flexibility index (Phi) is 3.62. The van der Waals surface area contributed by atoms with Gasteiger partial charge in [0.15, 0.2) is 0 Å². The summed E-state index contributed by atoms with van der Waals surface area (Å²) in [5, 5.41) is 9.19. The molecule has 0 saturated carbocycles. The minimum atomic E-state index is -0.945. The van der Waals surface area contributed by atoms with Crippen LogP contribution in [0.5, 0.6) is 0 Å². The van der Waals surface area contributed by atoms with Crippen molar-refractivity contribution in [2.45, 2.75) is 0 Å². The fourth-order valence-electron chi connectivity index (χ4n) is 1.91. The summed E-state index contributed by atoms with van der Waals surface area (Å²) in [4.78, 5) is 11.2. The van der Waals surface area contributed by atoms with Crippen LogP contribution in [0, 0.1) is 0 Å². The Hall–Kier alpha value is -2.61. The molecule has 0 unspecified atom stereocenters. The fraction of sp³-hybridized carbons (Fsp3) is 0. The molecular weight excluding hydrogens is 236 g/mol. The van der Waals surface area contributed by atoms with Crippen LogP contribution in [0.25, 0.3) is 11.6 Å². The minimum Gasteiger partial charge on any atom is -0.478 e. The summed E-state index contributed by atoms with van der Waals surface area (Å²) in [6.45, 7) is 7.71. The molecule has 0 aliphatic carbocycles. The van der Waals surface area contributed by atoms with Crippen LogP contribution >= 0.6 is 0 Å². The van der Waals surface area contributed by atoms with E-state index in [1.807, 2.05) is 30.3 Å². The molecular formula is C17H14O2. The summed E-state index contributed by atoms with van der Waals surface area (Å²) in [6, 6.07) is 14.6. The molecule has 0 aliphatic heterocycles. The maximum atomic E-state index is 11.2. The van der Waals surface area contributed by atoms with E-state index in [2.05, 4.69) is 13.2 Å². The van der Waals surface area contributed by atoms with Gasteiger partial charge in [-0.2, -0.15) is 0 Å². The van der Waals surface area contributed by atoms with Gasteiger partial charge in [-0.15, -0.1) is 0 Å². The van der Waals surface area contributed by atoms with Crippen LogP contribution in [-0.4, -0.2) is 11.1 Å². The smallest absolute Gasteiger partial charge is 0.336 e. The zero-order valence-corrected chi connectivity index (χ0v) is 10.5. The van der Waals surface area contributed by atoms with E-state index in [-0.39, 0.29) is 5.56 Å². The standard InChI is InChI=1S/C17H14O2/c1-3-13-8-10-14(11-9-13)12(2)15-6-4-5-7-16(15)17(18)19/h3-11H,1-2H2,(H,18,19). The van der Waals surface area contributed by atoms with E-state index in [1.165, 1.54) is 0 Å². The van der Waals surface area contributed by atoms with Gasteiger partial charge in [-0.3, -0.25) is 0 Å². The number of aromatic carboxylic acids is 1. The molecule has 0 atom stereocenters. The summed E-state index contributed by atoms with van der Waals surface area (Å²) in [5.41, 5.74) is 3.53. The summed E-state index contributed by atoms with van der Waals surface area (Å²) in [6.07, 6.45) is 1.76. The Balaban J connectivity index is 2.43. The van der Waals surface area contributed by atoms with Crippen LogP contribution in [0.1, 0.15) is 27.0 Å². The molecule has 1 N–H and O–H groups in total. The second-order valence-electron chi connectivity index (χ2n) is 4.16. The van der Waals surface area contributed by atoms with E-state index in [4.69, 9.17) is 0 Å². The number of hydrogen-bond donors (Lipinski definition) is 1. The average Bonchev–Trinajstić information content (AvgIpc) is 2.46. The number of rotatable bonds is 4. The van der Waals surface area contributed by atoms with E-state index < -0.39 is 5.97 Å². The monoisotopic (exact) mass is 250 g/mol. The first-order valence-corrected chi connectivity index (χ1v) is 5.88. The second kappa shape index (κ2) is 5.36. The molecule has 0 fully saturated rings. The van der Waals surface area contributed by atoms with Gasteiger partial charge in [-0.25, -0.2) is 4.79 Å². The van der Waals surface area contributed by atoms with Crippen LogP contribution in [0.2, 0.25) is 0 Å². The minimum absolute atomic E-state index is 0.264. The van der Waals surface area contributed by atoms with Crippen LogP contribution in [-0.2, 0) is 0 Å². The molecule has 0 heterocycles. The van der Waals surface area contributed by atoms with Gasteiger partial charge < -0.3 is 5.11 Å². The Bertz CT molecular complexity index is 637. The van der Waals surface area contributed by atoms with Crippen LogP contribution in [0.15, 0.2) is 61.7 Å². The van der Waals surface area contributed by atoms with E-state index in [1.54, 1.807) is 24.3 Å². The van der Waals surface area contributed by atoms with Gasteiger partial charge in [0.25, 0.3) is 0 Å². The second-order valence-corrected chi connectivity index (χ2v) is 4.16. The Morgan fingerprint density at radius 1 is 1.00 bits per heavy atom. The van der Waals surface area contributed by atoms with Crippen molar-refractivity contribution in [3.05, 3.63) is 83.9 Å². The lowest BCUT2D eigenvalue weighted by atomic mass is 9.94. The summed E-state index contributed by atoms with van der Waals surface area (Å²) < 4.78 is 0. The third-order valence-electron chi connectivity index (χ3n) is 2.98. The highest BCUT2D eigenvalue weighted by molar-refractivity contribution is 5.96. The molecule has 2 aromatic carbocycles. The highest BCUT2D eigenvalue weighted by atomic mass is 16.4. The molecule has 0 bridgehead atoms. The summed E-state index contributed by atoms with van der Waals surface area (Å²) in [7, 11) is 0. The first-order valence-electron chi connectivity index (χ1n) is 5.88. The lowest BCUT2D eigenvalue weighted by molar-refractivity contribution is 0.0696. The Morgan fingerprint density at radius 2 is 1.58 bits per heavy atom. The van der Waals surface area contributed by atoms with E-state index >= 15 is 0 Å². The summed E-state index contributed by atoms with van der Waals surface area (Å²) in [5.74, 6) is -0.945. The van der Waals surface area contributed by atoms with Gasteiger partial charge in [0, 0.05) is 0 Å².